The zero-order chi connectivity index (χ0) is 12.0. The van der Waals surface area contributed by atoms with Crippen molar-refractivity contribution in [3.05, 3.63) is 17.5 Å². The first-order chi connectivity index (χ1) is 7.32. The van der Waals surface area contributed by atoms with Crippen LogP contribution >= 0.6 is 0 Å². The Kier molecular flexibility index (Phi) is 2.30. The average molecular weight is 244 g/mol. The number of aromatic nitrogens is 2. The van der Waals surface area contributed by atoms with Crippen molar-refractivity contribution in [3.63, 3.8) is 0 Å². The van der Waals surface area contributed by atoms with Crippen molar-refractivity contribution in [3.8, 4) is 0 Å². The van der Waals surface area contributed by atoms with E-state index >= 15 is 0 Å². The van der Waals surface area contributed by atoms with E-state index in [2.05, 4.69) is 10.2 Å². The largest absolute Gasteiger partial charge is 0.476 e. The summed E-state index contributed by atoms with van der Waals surface area (Å²) in [6.45, 7) is 1.80. The van der Waals surface area contributed by atoms with E-state index in [1.807, 2.05) is 0 Å². The smallest absolute Gasteiger partial charge is 0.356 e. The molecule has 7 heteroatoms. The molecule has 0 saturated carbocycles. The Morgan fingerprint density at radius 3 is 2.75 bits per heavy atom. The molecule has 88 valence electrons. The van der Waals surface area contributed by atoms with Crippen molar-refractivity contribution < 1.29 is 18.3 Å². The van der Waals surface area contributed by atoms with Crippen LogP contribution in [0.15, 0.2) is 6.07 Å². The molecule has 2 heterocycles. The lowest BCUT2D eigenvalue weighted by Crippen LogP contribution is -2.23. The van der Waals surface area contributed by atoms with Gasteiger partial charge in [0.2, 0.25) is 0 Å². The Labute approximate surface area is 92.6 Å². The van der Waals surface area contributed by atoms with Crippen LogP contribution in [-0.2, 0) is 15.3 Å². The fourth-order valence-corrected chi connectivity index (χ4v) is 4.14. The average Bonchev–Trinajstić information content (AvgIpc) is 2.71. The number of carboxylic acids is 1. The predicted molar refractivity (Wildman–Crippen MR) is 56.2 cm³/mol. The van der Waals surface area contributed by atoms with Crippen molar-refractivity contribution >= 4 is 15.8 Å². The molecular formula is C9H12N2O4S. The Morgan fingerprint density at radius 2 is 2.31 bits per heavy atom. The lowest BCUT2D eigenvalue weighted by atomic mass is 9.86. The van der Waals surface area contributed by atoms with Crippen LogP contribution in [-0.4, -0.2) is 41.2 Å². The van der Waals surface area contributed by atoms with Crippen molar-refractivity contribution in [2.45, 2.75) is 18.8 Å². The van der Waals surface area contributed by atoms with E-state index in [-0.39, 0.29) is 17.2 Å². The molecule has 1 unspecified atom stereocenters. The van der Waals surface area contributed by atoms with E-state index in [1.165, 1.54) is 6.07 Å². The second kappa shape index (κ2) is 3.31. The highest BCUT2D eigenvalue weighted by atomic mass is 32.2. The molecule has 0 spiro atoms. The van der Waals surface area contributed by atoms with Crippen LogP contribution in [0.3, 0.4) is 0 Å². The second-order valence-corrected chi connectivity index (χ2v) is 6.56. The zero-order valence-corrected chi connectivity index (χ0v) is 9.54. The molecule has 6 nitrogen and oxygen atoms in total. The van der Waals surface area contributed by atoms with E-state index in [9.17, 15) is 13.2 Å². The summed E-state index contributed by atoms with van der Waals surface area (Å²) in [6.07, 6.45) is 0.497. The summed E-state index contributed by atoms with van der Waals surface area (Å²) < 4.78 is 22.8. The van der Waals surface area contributed by atoms with Crippen LogP contribution in [0.4, 0.5) is 0 Å². The van der Waals surface area contributed by atoms with Crippen LogP contribution in [0, 0.1) is 0 Å². The number of hydrogen-bond acceptors (Lipinski definition) is 4. The van der Waals surface area contributed by atoms with Gasteiger partial charge in [-0.2, -0.15) is 5.10 Å². The molecule has 2 N–H and O–H groups in total. The third-order valence-corrected chi connectivity index (χ3v) is 4.85. The number of hydrogen-bond donors (Lipinski definition) is 2. The highest BCUT2D eigenvalue weighted by Gasteiger charge is 2.41. The van der Waals surface area contributed by atoms with Crippen molar-refractivity contribution in [2.24, 2.45) is 0 Å². The molecule has 1 atom stereocenters. The predicted octanol–water partition coefficient (Wildman–Crippen LogP) is 0.184. The molecule has 0 amide bonds. The van der Waals surface area contributed by atoms with E-state index in [1.54, 1.807) is 6.92 Å². The van der Waals surface area contributed by atoms with Gasteiger partial charge in [0, 0.05) is 11.1 Å². The zero-order valence-electron chi connectivity index (χ0n) is 8.73. The number of carbonyl (C=O) groups is 1. The van der Waals surface area contributed by atoms with Gasteiger partial charge in [0.1, 0.15) is 0 Å². The number of nitrogens with one attached hydrogen (secondary N) is 1. The molecule has 0 aromatic carbocycles. The summed E-state index contributed by atoms with van der Waals surface area (Å²) in [5.41, 5.74) is -0.0500. The maximum absolute atomic E-state index is 11.4. The Hall–Kier alpha value is -1.37. The molecule has 2 rings (SSSR count). The van der Waals surface area contributed by atoms with E-state index < -0.39 is 21.2 Å². The summed E-state index contributed by atoms with van der Waals surface area (Å²) >= 11 is 0. The maximum Gasteiger partial charge on any atom is 0.356 e. The normalized spacial score (nSPS) is 28.1. The quantitative estimate of drug-likeness (QED) is 0.773. The number of H-pyrrole nitrogens is 1. The number of aromatic amines is 1. The number of rotatable bonds is 2. The first-order valence-corrected chi connectivity index (χ1v) is 6.64. The summed E-state index contributed by atoms with van der Waals surface area (Å²) in [7, 11) is -3.01. The summed E-state index contributed by atoms with van der Waals surface area (Å²) in [4.78, 5) is 10.7. The minimum absolute atomic E-state index is 0.0429. The molecule has 1 aromatic rings. The number of carboxylic acid groups (broad SMARTS) is 1. The topological polar surface area (TPSA) is 100 Å². The summed E-state index contributed by atoms with van der Waals surface area (Å²) in [5.74, 6) is -0.932. The van der Waals surface area contributed by atoms with Gasteiger partial charge in [-0.05, 0) is 12.5 Å². The van der Waals surface area contributed by atoms with Crippen molar-refractivity contribution in [1.82, 2.24) is 10.2 Å². The van der Waals surface area contributed by atoms with Crippen molar-refractivity contribution in [1.29, 1.82) is 0 Å². The van der Waals surface area contributed by atoms with Crippen LogP contribution in [0.25, 0.3) is 0 Å². The third kappa shape index (κ3) is 1.82. The maximum atomic E-state index is 11.4. The van der Waals surface area contributed by atoms with Gasteiger partial charge in [0.15, 0.2) is 15.5 Å². The first-order valence-electron chi connectivity index (χ1n) is 4.82. The molecule has 1 aliphatic rings. The number of nitrogens with zero attached hydrogens (tertiary/aromatic N) is 1. The highest BCUT2D eigenvalue weighted by molar-refractivity contribution is 7.91. The van der Waals surface area contributed by atoms with Crippen molar-refractivity contribution in [2.75, 3.05) is 11.5 Å². The second-order valence-electron chi connectivity index (χ2n) is 4.37. The Morgan fingerprint density at radius 1 is 1.62 bits per heavy atom. The van der Waals surface area contributed by atoms with E-state index in [0.29, 0.717) is 12.1 Å². The minimum atomic E-state index is -3.01. The molecule has 1 aromatic heterocycles. The molecular weight excluding hydrogens is 232 g/mol. The molecule has 0 bridgehead atoms. The van der Waals surface area contributed by atoms with Crippen LogP contribution in [0.1, 0.15) is 29.5 Å². The number of sulfone groups is 1. The summed E-state index contributed by atoms with van der Waals surface area (Å²) in [5, 5.41) is 15.0. The standard InChI is InChI=1S/C9H12N2O4S/c1-9(2-3-16(14,15)5-9)7-4-6(8(12)13)10-11-7/h4H,2-3,5H2,1H3,(H,10,11)(H,12,13). The van der Waals surface area contributed by atoms with Gasteiger partial charge >= 0.3 is 5.97 Å². The van der Waals surface area contributed by atoms with Gasteiger partial charge in [0.05, 0.1) is 11.5 Å². The monoisotopic (exact) mass is 244 g/mol. The molecule has 1 aliphatic heterocycles. The van der Waals surface area contributed by atoms with Gasteiger partial charge in [-0.1, -0.05) is 6.92 Å². The molecule has 1 fully saturated rings. The van der Waals surface area contributed by atoms with E-state index in [4.69, 9.17) is 5.11 Å². The lowest BCUT2D eigenvalue weighted by molar-refractivity contribution is 0.0690. The molecule has 16 heavy (non-hydrogen) atoms. The van der Waals surface area contributed by atoms with Gasteiger partial charge in [-0.25, -0.2) is 13.2 Å². The summed E-state index contributed by atoms with van der Waals surface area (Å²) in [6, 6.07) is 1.41. The number of aromatic carboxylic acids is 1. The van der Waals surface area contributed by atoms with Gasteiger partial charge in [-0.15, -0.1) is 0 Å². The van der Waals surface area contributed by atoms with Gasteiger partial charge in [0.25, 0.3) is 0 Å². The molecule has 0 radical (unpaired) electrons. The molecule has 1 saturated heterocycles. The SMILES string of the molecule is CC1(c2cc(C(=O)O)n[nH]2)CCS(=O)(=O)C1. The van der Waals surface area contributed by atoms with Crippen LogP contribution in [0.2, 0.25) is 0 Å². The van der Waals surface area contributed by atoms with Crippen LogP contribution in [0.5, 0.6) is 0 Å². The van der Waals surface area contributed by atoms with E-state index in [0.717, 1.165) is 0 Å². The minimum Gasteiger partial charge on any atom is -0.476 e. The molecule has 0 aliphatic carbocycles. The lowest BCUT2D eigenvalue weighted by Gasteiger charge is -2.19. The van der Waals surface area contributed by atoms with Gasteiger partial charge < -0.3 is 5.11 Å². The van der Waals surface area contributed by atoms with Gasteiger partial charge in [-0.3, -0.25) is 5.10 Å². The third-order valence-electron chi connectivity index (χ3n) is 2.95. The fraction of sp³-hybridized carbons (Fsp3) is 0.556. The first kappa shape index (κ1) is 11.1. The Bertz CT molecular complexity index is 533. The highest BCUT2D eigenvalue weighted by Crippen LogP contribution is 2.34. The fourth-order valence-electron chi connectivity index (χ4n) is 1.96. The van der Waals surface area contributed by atoms with Crippen LogP contribution < -0.4 is 0 Å². The Balaban J connectivity index is 2.34.